The molecule has 1 saturated carbocycles. The lowest BCUT2D eigenvalue weighted by molar-refractivity contribution is 0.462. The zero-order valence-electron chi connectivity index (χ0n) is 14.1. The maximum Gasteiger partial charge on any atom is 0.162 e. The van der Waals surface area contributed by atoms with Crippen LogP contribution in [0.25, 0.3) is 22.3 Å². The summed E-state index contributed by atoms with van der Waals surface area (Å²) in [7, 11) is 0. The fourth-order valence-electron chi connectivity index (χ4n) is 3.46. The Morgan fingerprint density at radius 1 is 0.875 bits per heavy atom. The molecule has 0 saturated heterocycles. The van der Waals surface area contributed by atoms with Crippen molar-refractivity contribution in [3.8, 4) is 11.4 Å². The molecule has 1 aliphatic rings. The number of benzene rings is 2. The van der Waals surface area contributed by atoms with E-state index in [9.17, 15) is 0 Å². The molecule has 0 unspecified atom stereocenters. The Labute approximate surface area is 143 Å². The van der Waals surface area contributed by atoms with Gasteiger partial charge in [0, 0.05) is 17.0 Å². The topological polar surface area (TPSA) is 37.8 Å². The fourth-order valence-corrected chi connectivity index (χ4v) is 3.46. The molecule has 1 N–H and O–H groups in total. The molecule has 3 heteroatoms. The van der Waals surface area contributed by atoms with Gasteiger partial charge in [0.15, 0.2) is 5.82 Å². The molecule has 1 aliphatic carbocycles. The summed E-state index contributed by atoms with van der Waals surface area (Å²) < 4.78 is 0. The predicted octanol–water partition coefficient (Wildman–Crippen LogP) is 5.35. The Bertz CT molecular complexity index is 833. The second kappa shape index (κ2) is 6.60. The monoisotopic (exact) mass is 317 g/mol. The summed E-state index contributed by atoms with van der Waals surface area (Å²) in [5.74, 6) is 1.77. The van der Waals surface area contributed by atoms with E-state index in [1.807, 2.05) is 6.07 Å². The average molecular weight is 317 g/mol. The van der Waals surface area contributed by atoms with E-state index in [0.717, 1.165) is 28.1 Å². The number of aromatic nitrogens is 2. The molecule has 1 heterocycles. The second-order valence-electron chi connectivity index (χ2n) is 6.76. The normalized spacial score (nSPS) is 15.5. The maximum absolute atomic E-state index is 4.87. The van der Waals surface area contributed by atoms with Gasteiger partial charge >= 0.3 is 0 Å². The third kappa shape index (κ3) is 3.12. The molecule has 3 nitrogen and oxygen atoms in total. The van der Waals surface area contributed by atoms with Crippen LogP contribution < -0.4 is 5.32 Å². The molecule has 0 bridgehead atoms. The molecule has 1 fully saturated rings. The number of aryl methyl sites for hydroxylation is 1. The van der Waals surface area contributed by atoms with Gasteiger partial charge in [-0.15, -0.1) is 0 Å². The minimum absolute atomic E-state index is 0.530. The summed E-state index contributed by atoms with van der Waals surface area (Å²) in [6, 6.07) is 17.2. The van der Waals surface area contributed by atoms with E-state index < -0.39 is 0 Å². The van der Waals surface area contributed by atoms with Gasteiger partial charge in [0.2, 0.25) is 0 Å². The first-order valence-corrected chi connectivity index (χ1v) is 8.90. The molecule has 24 heavy (non-hydrogen) atoms. The van der Waals surface area contributed by atoms with Crippen LogP contribution in [0.15, 0.2) is 48.5 Å². The quantitative estimate of drug-likeness (QED) is 0.707. The van der Waals surface area contributed by atoms with Crippen LogP contribution in [0.1, 0.15) is 37.7 Å². The molecule has 0 amide bonds. The fraction of sp³-hybridized carbons (Fsp3) is 0.333. The Kier molecular flexibility index (Phi) is 4.16. The van der Waals surface area contributed by atoms with E-state index in [1.165, 1.54) is 37.7 Å². The molecule has 2 aromatic carbocycles. The highest BCUT2D eigenvalue weighted by atomic mass is 15.1. The van der Waals surface area contributed by atoms with Crippen LogP contribution in [0, 0.1) is 6.92 Å². The Morgan fingerprint density at radius 3 is 2.42 bits per heavy atom. The number of hydrogen-bond acceptors (Lipinski definition) is 3. The van der Waals surface area contributed by atoms with E-state index in [0.29, 0.717) is 6.04 Å². The van der Waals surface area contributed by atoms with Crippen molar-refractivity contribution in [3.05, 3.63) is 54.1 Å². The van der Waals surface area contributed by atoms with E-state index >= 15 is 0 Å². The highest BCUT2D eigenvalue weighted by Crippen LogP contribution is 2.28. The summed E-state index contributed by atoms with van der Waals surface area (Å²) >= 11 is 0. The molecule has 0 spiro atoms. The van der Waals surface area contributed by atoms with Gasteiger partial charge in [0.05, 0.1) is 5.52 Å². The Morgan fingerprint density at radius 2 is 1.62 bits per heavy atom. The summed E-state index contributed by atoms with van der Waals surface area (Å²) in [5, 5.41) is 4.80. The molecule has 0 aliphatic heterocycles. The van der Waals surface area contributed by atoms with Crippen LogP contribution in [0.3, 0.4) is 0 Å². The van der Waals surface area contributed by atoms with Crippen LogP contribution in [-0.4, -0.2) is 16.0 Å². The van der Waals surface area contributed by atoms with Crippen LogP contribution in [0.5, 0.6) is 0 Å². The lowest BCUT2D eigenvalue weighted by Crippen LogP contribution is -2.23. The highest BCUT2D eigenvalue weighted by molar-refractivity contribution is 5.90. The zero-order chi connectivity index (χ0) is 16.4. The Hall–Kier alpha value is -2.42. The van der Waals surface area contributed by atoms with Crippen molar-refractivity contribution in [1.82, 2.24) is 9.97 Å². The third-order valence-corrected chi connectivity index (χ3v) is 4.86. The smallest absolute Gasteiger partial charge is 0.162 e. The van der Waals surface area contributed by atoms with Gasteiger partial charge in [-0.05, 0) is 31.9 Å². The van der Waals surface area contributed by atoms with E-state index in [4.69, 9.17) is 9.97 Å². The second-order valence-corrected chi connectivity index (χ2v) is 6.76. The molecular weight excluding hydrogens is 294 g/mol. The molecule has 4 rings (SSSR count). The van der Waals surface area contributed by atoms with E-state index in [2.05, 4.69) is 54.7 Å². The number of anilines is 1. The minimum Gasteiger partial charge on any atom is -0.367 e. The van der Waals surface area contributed by atoms with Gasteiger partial charge in [-0.1, -0.05) is 61.2 Å². The first kappa shape index (κ1) is 15.1. The van der Waals surface area contributed by atoms with Gasteiger partial charge in [-0.2, -0.15) is 0 Å². The summed E-state index contributed by atoms with van der Waals surface area (Å²) in [5.41, 5.74) is 3.32. The van der Waals surface area contributed by atoms with Crippen molar-refractivity contribution >= 4 is 16.7 Å². The predicted molar refractivity (Wildman–Crippen MR) is 100 cm³/mol. The molecule has 122 valence electrons. The molecule has 3 aromatic rings. The van der Waals surface area contributed by atoms with Crippen molar-refractivity contribution in [2.45, 2.75) is 45.1 Å². The molecule has 0 atom stereocenters. The van der Waals surface area contributed by atoms with Crippen molar-refractivity contribution < 1.29 is 0 Å². The third-order valence-electron chi connectivity index (χ3n) is 4.86. The number of rotatable bonds is 3. The first-order chi connectivity index (χ1) is 11.8. The van der Waals surface area contributed by atoms with Gasteiger partial charge < -0.3 is 5.32 Å². The lowest BCUT2D eigenvalue weighted by atomic mass is 9.95. The van der Waals surface area contributed by atoms with E-state index in [1.54, 1.807) is 0 Å². The standard InChI is InChI=1S/C21H23N3/c1-15-11-13-16(14-12-15)20-23-19-10-6-5-9-18(19)21(24-20)22-17-7-3-2-4-8-17/h5-6,9-14,17H,2-4,7-8H2,1H3,(H,22,23,24). The van der Waals surface area contributed by atoms with Crippen molar-refractivity contribution in [2.75, 3.05) is 5.32 Å². The molecule has 1 aromatic heterocycles. The van der Waals surface area contributed by atoms with Gasteiger partial charge in [0.1, 0.15) is 5.82 Å². The molecular formula is C21H23N3. The summed E-state index contributed by atoms with van der Waals surface area (Å²) in [4.78, 5) is 9.65. The van der Waals surface area contributed by atoms with Gasteiger partial charge in [0.25, 0.3) is 0 Å². The van der Waals surface area contributed by atoms with Crippen LogP contribution >= 0.6 is 0 Å². The summed E-state index contributed by atoms with van der Waals surface area (Å²) in [6.45, 7) is 2.10. The number of nitrogens with one attached hydrogen (secondary N) is 1. The Balaban J connectivity index is 1.76. The van der Waals surface area contributed by atoms with Crippen molar-refractivity contribution in [2.24, 2.45) is 0 Å². The number of hydrogen-bond donors (Lipinski definition) is 1. The zero-order valence-corrected chi connectivity index (χ0v) is 14.1. The average Bonchev–Trinajstić information content (AvgIpc) is 2.63. The number of nitrogens with zero attached hydrogens (tertiary/aromatic N) is 2. The van der Waals surface area contributed by atoms with Gasteiger partial charge in [-0.25, -0.2) is 9.97 Å². The van der Waals surface area contributed by atoms with Crippen molar-refractivity contribution in [3.63, 3.8) is 0 Å². The first-order valence-electron chi connectivity index (χ1n) is 8.90. The number of para-hydroxylation sites is 1. The highest BCUT2D eigenvalue weighted by Gasteiger charge is 2.16. The van der Waals surface area contributed by atoms with Crippen LogP contribution in [-0.2, 0) is 0 Å². The van der Waals surface area contributed by atoms with Gasteiger partial charge in [-0.3, -0.25) is 0 Å². The lowest BCUT2D eigenvalue weighted by Gasteiger charge is -2.24. The minimum atomic E-state index is 0.530. The maximum atomic E-state index is 4.87. The summed E-state index contributed by atoms with van der Waals surface area (Å²) in [6.07, 6.45) is 6.45. The largest absolute Gasteiger partial charge is 0.367 e. The van der Waals surface area contributed by atoms with Crippen molar-refractivity contribution in [1.29, 1.82) is 0 Å². The van der Waals surface area contributed by atoms with E-state index in [-0.39, 0.29) is 0 Å². The van der Waals surface area contributed by atoms with Crippen LogP contribution in [0.2, 0.25) is 0 Å². The SMILES string of the molecule is Cc1ccc(-c2nc(NC3CCCCC3)c3ccccc3n2)cc1. The number of fused-ring (bicyclic) bond motifs is 1. The molecule has 0 radical (unpaired) electrons. The van der Waals surface area contributed by atoms with Crippen LogP contribution in [0.4, 0.5) is 5.82 Å².